The molecule has 7 heteroatoms. The van der Waals surface area contributed by atoms with Gasteiger partial charge < -0.3 is 5.11 Å². The Morgan fingerprint density at radius 1 is 1.50 bits per heavy atom. The summed E-state index contributed by atoms with van der Waals surface area (Å²) in [6.07, 6.45) is -0.100. The first-order valence-electron chi connectivity index (χ1n) is 5.39. The predicted octanol–water partition coefficient (Wildman–Crippen LogP) is 1.97. The summed E-state index contributed by atoms with van der Waals surface area (Å²) in [4.78, 5) is 13.5. The molecule has 2 aromatic rings. The molecule has 0 atom stereocenters. The van der Waals surface area contributed by atoms with E-state index in [1.807, 2.05) is 24.3 Å². The van der Waals surface area contributed by atoms with Crippen LogP contribution in [-0.2, 0) is 17.8 Å². The lowest BCUT2D eigenvalue weighted by molar-refractivity contribution is -0.136. The van der Waals surface area contributed by atoms with E-state index in [4.69, 9.17) is 10.6 Å². The van der Waals surface area contributed by atoms with Crippen LogP contribution in [0.3, 0.4) is 0 Å². The fraction of sp³-hybridized carbons (Fsp3) is 0.273. The number of hydrogen-bond acceptors (Lipinski definition) is 3. The lowest BCUT2D eigenvalue weighted by Gasteiger charge is -2.03. The zero-order valence-electron chi connectivity index (χ0n) is 9.52. The van der Waals surface area contributed by atoms with Crippen LogP contribution >= 0.6 is 0 Å². The molecule has 2 rings (SSSR count). The van der Waals surface area contributed by atoms with Gasteiger partial charge in [0, 0.05) is 23.4 Å². The van der Waals surface area contributed by atoms with Gasteiger partial charge in [-0.05, 0) is 11.6 Å². The summed E-state index contributed by atoms with van der Waals surface area (Å²) in [7, 11) is 0. The van der Waals surface area contributed by atoms with E-state index in [0.29, 0.717) is 12.2 Å². The van der Waals surface area contributed by atoms with Crippen molar-refractivity contribution in [2.75, 3.05) is 6.54 Å². The minimum absolute atomic E-state index is 0.100. The summed E-state index contributed by atoms with van der Waals surface area (Å²) < 4.78 is 1.59. The van der Waals surface area contributed by atoms with Gasteiger partial charge in [-0.1, -0.05) is 23.3 Å². The second-order valence-electron chi connectivity index (χ2n) is 3.71. The minimum Gasteiger partial charge on any atom is -0.481 e. The van der Waals surface area contributed by atoms with Gasteiger partial charge in [0.25, 0.3) is 0 Å². The van der Waals surface area contributed by atoms with Crippen molar-refractivity contribution in [2.45, 2.75) is 13.0 Å². The van der Waals surface area contributed by atoms with Crippen molar-refractivity contribution in [1.82, 2.24) is 9.78 Å². The van der Waals surface area contributed by atoms with E-state index in [1.165, 1.54) is 0 Å². The maximum Gasteiger partial charge on any atom is 0.309 e. The zero-order valence-corrected chi connectivity index (χ0v) is 9.52. The molecular weight excluding hydrogens is 234 g/mol. The van der Waals surface area contributed by atoms with Crippen LogP contribution < -0.4 is 0 Å². The third-order valence-electron chi connectivity index (χ3n) is 2.55. The number of nitrogens with zero attached hydrogens (tertiary/aromatic N) is 5. The van der Waals surface area contributed by atoms with Gasteiger partial charge in [0.2, 0.25) is 0 Å². The number of aromatic nitrogens is 2. The molecule has 0 radical (unpaired) electrons. The number of rotatable bonds is 5. The van der Waals surface area contributed by atoms with Gasteiger partial charge in [-0.3, -0.25) is 9.48 Å². The predicted molar refractivity (Wildman–Crippen MR) is 65.1 cm³/mol. The molecular formula is C11H11N5O2. The average molecular weight is 245 g/mol. The highest BCUT2D eigenvalue weighted by Gasteiger charge is 2.13. The molecule has 1 aromatic heterocycles. The van der Waals surface area contributed by atoms with Crippen LogP contribution in [0.1, 0.15) is 5.69 Å². The van der Waals surface area contributed by atoms with Crippen molar-refractivity contribution < 1.29 is 9.90 Å². The molecule has 92 valence electrons. The first kappa shape index (κ1) is 11.9. The van der Waals surface area contributed by atoms with Crippen LogP contribution in [0.2, 0.25) is 0 Å². The van der Waals surface area contributed by atoms with Gasteiger partial charge in [-0.25, -0.2) is 0 Å². The van der Waals surface area contributed by atoms with E-state index in [0.717, 1.165) is 10.9 Å². The Morgan fingerprint density at radius 3 is 3.00 bits per heavy atom. The Bertz CT molecular complexity index is 627. The van der Waals surface area contributed by atoms with Gasteiger partial charge >= 0.3 is 5.97 Å². The summed E-state index contributed by atoms with van der Waals surface area (Å²) in [5.41, 5.74) is 9.61. The van der Waals surface area contributed by atoms with Crippen LogP contribution in [0.25, 0.3) is 21.3 Å². The van der Waals surface area contributed by atoms with Crippen LogP contribution in [0.5, 0.6) is 0 Å². The van der Waals surface area contributed by atoms with E-state index in [2.05, 4.69) is 15.1 Å². The number of fused-ring (bicyclic) bond motifs is 1. The molecule has 0 amide bonds. The Morgan fingerprint density at radius 2 is 2.28 bits per heavy atom. The van der Waals surface area contributed by atoms with Gasteiger partial charge in [0.15, 0.2) is 0 Å². The Hall–Kier alpha value is -2.53. The van der Waals surface area contributed by atoms with Gasteiger partial charge in [0.05, 0.1) is 17.6 Å². The maximum absolute atomic E-state index is 10.9. The number of carboxylic acid groups (broad SMARTS) is 1. The fourth-order valence-corrected chi connectivity index (χ4v) is 1.83. The van der Waals surface area contributed by atoms with Crippen molar-refractivity contribution in [3.63, 3.8) is 0 Å². The SMILES string of the molecule is [N-]=[N+]=NCCn1nc2ccccc2c1CC(=O)O. The Labute approximate surface area is 102 Å². The minimum atomic E-state index is -0.911. The third-order valence-corrected chi connectivity index (χ3v) is 2.55. The molecule has 0 unspecified atom stereocenters. The number of carbonyl (C=O) groups is 1. The van der Waals surface area contributed by atoms with Crippen molar-refractivity contribution in [3.8, 4) is 0 Å². The van der Waals surface area contributed by atoms with Crippen molar-refractivity contribution in [1.29, 1.82) is 0 Å². The quantitative estimate of drug-likeness (QED) is 0.494. The summed E-state index contributed by atoms with van der Waals surface area (Å²) in [5.74, 6) is -0.911. The van der Waals surface area contributed by atoms with Crippen LogP contribution in [0.15, 0.2) is 29.4 Å². The van der Waals surface area contributed by atoms with Crippen LogP contribution in [-0.4, -0.2) is 27.4 Å². The second-order valence-corrected chi connectivity index (χ2v) is 3.71. The first-order valence-corrected chi connectivity index (χ1v) is 5.39. The first-order chi connectivity index (χ1) is 8.72. The standard InChI is InChI=1S/C11H11N5O2/c12-15-13-5-6-16-10(7-11(17)18)8-3-1-2-4-9(8)14-16/h1-4H,5-7H2,(H,17,18). The highest BCUT2D eigenvalue weighted by atomic mass is 16.4. The largest absolute Gasteiger partial charge is 0.481 e. The molecule has 1 N–H and O–H groups in total. The molecule has 0 aliphatic rings. The van der Waals surface area contributed by atoms with Crippen molar-refractivity contribution in [3.05, 3.63) is 40.4 Å². The monoisotopic (exact) mass is 245 g/mol. The smallest absolute Gasteiger partial charge is 0.309 e. The van der Waals surface area contributed by atoms with Crippen LogP contribution in [0.4, 0.5) is 0 Å². The van der Waals surface area contributed by atoms with E-state index in [9.17, 15) is 4.79 Å². The molecule has 0 saturated heterocycles. The summed E-state index contributed by atoms with van der Waals surface area (Å²) >= 11 is 0. The highest BCUT2D eigenvalue weighted by molar-refractivity contribution is 5.85. The van der Waals surface area contributed by atoms with E-state index >= 15 is 0 Å². The molecule has 7 nitrogen and oxygen atoms in total. The number of azide groups is 1. The lowest BCUT2D eigenvalue weighted by Crippen LogP contribution is -2.11. The lowest BCUT2D eigenvalue weighted by atomic mass is 10.1. The number of aliphatic carboxylic acids is 1. The number of benzene rings is 1. The van der Waals surface area contributed by atoms with E-state index in [-0.39, 0.29) is 13.0 Å². The molecule has 18 heavy (non-hydrogen) atoms. The topological polar surface area (TPSA) is 104 Å². The van der Waals surface area contributed by atoms with Crippen molar-refractivity contribution >= 4 is 16.9 Å². The number of carboxylic acids is 1. The van der Waals surface area contributed by atoms with E-state index < -0.39 is 5.97 Å². The average Bonchev–Trinajstić information content (AvgIpc) is 2.68. The second kappa shape index (κ2) is 5.20. The molecule has 1 heterocycles. The molecule has 0 fully saturated rings. The fourth-order valence-electron chi connectivity index (χ4n) is 1.83. The van der Waals surface area contributed by atoms with Crippen LogP contribution in [0, 0.1) is 0 Å². The van der Waals surface area contributed by atoms with E-state index in [1.54, 1.807) is 4.68 Å². The molecule has 0 aliphatic heterocycles. The highest BCUT2D eigenvalue weighted by Crippen LogP contribution is 2.18. The molecule has 0 bridgehead atoms. The summed E-state index contributed by atoms with van der Waals surface area (Å²) in [6, 6.07) is 7.35. The summed E-state index contributed by atoms with van der Waals surface area (Å²) in [5, 5.41) is 17.5. The normalized spacial score (nSPS) is 10.2. The Kier molecular flexibility index (Phi) is 3.45. The third kappa shape index (κ3) is 2.41. The van der Waals surface area contributed by atoms with Gasteiger partial charge in [-0.15, -0.1) is 0 Å². The Balaban J connectivity index is 2.42. The molecule has 1 aromatic carbocycles. The molecule has 0 aliphatic carbocycles. The molecule has 0 saturated carbocycles. The van der Waals surface area contributed by atoms with Gasteiger partial charge in [0.1, 0.15) is 0 Å². The molecule has 0 spiro atoms. The van der Waals surface area contributed by atoms with Crippen molar-refractivity contribution in [2.24, 2.45) is 5.11 Å². The zero-order chi connectivity index (χ0) is 13.0. The number of hydrogen-bond donors (Lipinski definition) is 1. The summed E-state index contributed by atoms with van der Waals surface area (Å²) in [6.45, 7) is 0.623. The van der Waals surface area contributed by atoms with Gasteiger partial charge in [-0.2, -0.15) is 5.10 Å². The maximum atomic E-state index is 10.9.